The Kier molecular flexibility index (Phi) is 5.06. The van der Waals surface area contributed by atoms with Gasteiger partial charge in [0.25, 0.3) is 0 Å². The highest BCUT2D eigenvalue weighted by molar-refractivity contribution is 5.74. The topological polar surface area (TPSA) is 41.6 Å². The van der Waals surface area contributed by atoms with Gasteiger partial charge >= 0.3 is 6.03 Å². The van der Waals surface area contributed by atoms with Crippen molar-refractivity contribution in [3.05, 3.63) is 0 Å². The Morgan fingerprint density at radius 2 is 2.00 bits per heavy atom. The minimum Gasteiger partial charge on any atom is -0.385 e. The molecule has 1 saturated carbocycles. The Balaban J connectivity index is 2.25. The summed E-state index contributed by atoms with van der Waals surface area (Å²) in [6, 6.07) is 0.0636. The van der Waals surface area contributed by atoms with Crippen molar-refractivity contribution in [1.29, 1.82) is 0 Å². The second kappa shape index (κ2) is 6.09. The monoisotopic (exact) mass is 228 g/mol. The lowest BCUT2D eigenvalue weighted by atomic mass is 10.0. The van der Waals surface area contributed by atoms with Crippen LogP contribution in [0.5, 0.6) is 0 Å². The molecule has 16 heavy (non-hydrogen) atoms. The largest absolute Gasteiger partial charge is 0.385 e. The normalized spacial score (nSPS) is 16.9. The Labute approximate surface area is 98.3 Å². The van der Waals surface area contributed by atoms with Crippen molar-refractivity contribution in [2.75, 3.05) is 33.4 Å². The smallest absolute Gasteiger partial charge is 0.317 e. The second-order valence-corrected chi connectivity index (χ2v) is 4.57. The van der Waals surface area contributed by atoms with E-state index in [1.54, 1.807) is 7.11 Å². The first kappa shape index (κ1) is 13.3. The first-order chi connectivity index (χ1) is 7.67. The summed E-state index contributed by atoms with van der Waals surface area (Å²) in [5.41, 5.74) is 0.332. The van der Waals surface area contributed by atoms with Crippen molar-refractivity contribution in [2.24, 2.45) is 5.41 Å². The minimum atomic E-state index is 0.0636. The molecule has 1 aliphatic carbocycles. The van der Waals surface area contributed by atoms with Gasteiger partial charge in [0.1, 0.15) is 0 Å². The van der Waals surface area contributed by atoms with Crippen LogP contribution in [0.25, 0.3) is 0 Å². The zero-order valence-electron chi connectivity index (χ0n) is 10.7. The number of carbonyl (C=O) groups is 1. The highest BCUT2D eigenvalue weighted by Crippen LogP contribution is 2.48. The van der Waals surface area contributed by atoms with Crippen LogP contribution in [0.4, 0.5) is 4.79 Å². The van der Waals surface area contributed by atoms with Crippen LogP contribution >= 0.6 is 0 Å². The summed E-state index contributed by atoms with van der Waals surface area (Å²) >= 11 is 0. The molecule has 0 bridgehead atoms. The summed E-state index contributed by atoms with van der Waals surface area (Å²) in [6.07, 6.45) is 3.49. The number of ether oxygens (including phenoxy) is 1. The van der Waals surface area contributed by atoms with Gasteiger partial charge in [0, 0.05) is 33.4 Å². The summed E-state index contributed by atoms with van der Waals surface area (Å²) in [7, 11) is 1.73. The molecular formula is C12H24N2O2. The fourth-order valence-electron chi connectivity index (χ4n) is 1.90. The van der Waals surface area contributed by atoms with Crippen molar-refractivity contribution in [2.45, 2.75) is 33.1 Å². The maximum absolute atomic E-state index is 11.7. The van der Waals surface area contributed by atoms with Gasteiger partial charge in [-0.2, -0.15) is 0 Å². The van der Waals surface area contributed by atoms with Crippen molar-refractivity contribution in [3.8, 4) is 0 Å². The zero-order chi connectivity index (χ0) is 12.0. The van der Waals surface area contributed by atoms with Crippen LogP contribution in [-0.2, 0) is 4.74 Å². The van der Waals surface area contributed by atoms with Gasteiger partial charge in [-0.05, 0) is 38.5 Å². The maximum atomic E-state index is 11.7. The van der Waals surface area contributed by atoms with E-state index in [4.69, 9.17) is 4.74 Å². The van der Waals surface area contributed by atoms with Crippen molar-refractivity contribution in [1.82, 2.24) is 10.2 Å². The van der Waals surface area contributed by atoms with E-state index >= 15 is 0 Å². The molecule has 0 spiro atoms. The van der Waals surface area contributed by atoms with Crippen LogP contribution in [-0.4, -0.2) is 44.3 Å². The van der Waals surface area contributed by atoms with Gasteiger partial charge in [-0.15, -0.1) is 0 Å². The van der Waals surface area contributed by atoms with E-state index in [1.165, 1.54) is 12.8 Å². The average Bonchev–Trinajstić information content (AvgIpc) is 3.06. The highest BCUT2D eigenvalue weighted by Gasteiger charge is 2.42. The Hall–Kier alpha value is -0.770. The van der Waals surface area contributed by atoms with Crippen LogP contribution in [0.15, 0.2) is 0 Å². The molecule has 4 nitrogen and oxygen atoms in total. The van der Waals surface area contributed by atoms with E-state index in [0.29, 0.717) is 5.41 Å². The molecule has 0 aromatic heterocycles. The summed E-state index contributed by atoms with van der Waals surface area (Å²) in [6.45, 7) is 7.13. The first-order valence-corrected chi connectivity index (χ1v) is 6.19. The Morgan fingerprint density at radius 3 is 2.44 bits per heavy atom. The molecule has 0 unspecified atom stereocenters. The summed E-state index contributed by atoms with van der Waals surface area (Å²) in [4.78, 5) is 13.5. The molecule has 0 aromatic carbocycles. The van der Waals surface area contributed by atoms with Crippen molar-refractivity contribution in [3.63, 3.8) is 0 Å². The van der Waals surface area contributed by atoms with E-state index in [-0.39, 0.29) is 6.03 Å². The molecule has 0 aromatic rings. The van der Waals surface area contributed by atoms with E-state index in [1.807, 2.05) is 18.7 Å². The van der Waals surface area contributed by atoms with Gasteiger partial charge in [0.2, 0.25) is 0 Å². The SMILES string of the molecule is CCN(CC)C(=O)NCC1(CCOC)CC1. The van der Waals surface area contributed by atoms with Gasteiger partial charge in [-0.25, -0.2) is 4.79 Å². The van der Waals surface area contributed by atoms with Crippen molar-refractivity contribution < 1.29 is 9.53 Å². The Morgan fingerprint density at radius 1 is 1.38 bits per heavy atom. The molecule has 0 radical (unpaired) electrons. The molecule has 0 heterocycles. The lowest BCUT2D eigenvalue weighted by Gasteiger charge is -2.22. The number of amides is 2. The number of rotatable bonds is 7. The summed E-state index contributed by atoms with van der Waals surface area (Å²) in [5.74, 6) is 0. The molecular weight excluding hydrogens is 204 g/mol. The lowest BCUT2D eigenvalue weighted by Crippen LogP contribution is -2.42. The van der Waals surface area contributed by atoms with Crippen LogP contribution in [0.3, 0.4) is 0 Å². The molecule has 1 rings (SSSR count). The molecule has 2 amide bonds. The standard InChI is InChI=1S/C12H24N2O2/c1-4-14(5-2)11(15)13-10-12(6-7-12)8-9-16-3/h4-10H2,1-3H3,(H,13,15). The number of hydrogen-bond donors (Lipinski definition) is 1. The summed E-state index contributed by atoms with van der Waals surface area (Å²) in [5, 5.41) is 3.03. The predicted molar refractivity (Wildman–Crippen MR) is 64.5 cm³/mol. The van der Waals surface area contributed by atoms with Gasteiger partial charge in [0.05, 0.1) is 0 Å². The van der Waals surface area contributed by atoms with Crippen LogP contribution in [0, 0.1) is 5.41 Å². The van der Waals surface area contributed by atoms with E-state index in [9.17, 15) is 4.79 Å². The molecule has 94 valence electrons. The van der Waals surface area contributed by atoms with E-state index in [0.717, 1.165) is 32.7 Å². The van der Waals surface area contributed by atoms with Gasteiger partial charge in [0.15, 0.2) is 0 Å². The number of hydrogen-bond acceptors (Lipinski definition) is 2. The predicted octanol–water partition coefficient (Wildman–Crippen LogP) is 1.85. The fraction of sp³-hybridized carbons (Fsp3) is 0.917. The number of nitrogens with zero attached hydrogens (tertiary/aromatic N) is 1. The minimum absolute atomic E-state index is 0.0636. The fourth-order valence-corrected chi connectivity index (χ4v) is 1.90. The van der Waals surface area contributed by atoms with E-state index in [2.05, 4.69) is 5.32 Å². The maximum Gasteiger partial charge on any atom is 0.317 e. The van der Waals surface area contributed by atoms with Gasteiger partial charge in [-0.3, -0.25) is 0 Å². The molecule has 1 N–H and O–H groups in total. The number of carbonyl (C=O) groups excluding carboxylic acids is 1. The van der Waals surface area contributed by atoms with Gasteiger partial charge in [-0.1, -0.05) is 0 Å². The molecule has 0 atom stereocenters. The van der Waals surface area contributed by atoms with Crippen LogP contribution < -0.4 is 5.32 Å². The lowest BCUT2D eigenvalue weighted by molar-refractivity contribution is 0.168. The first-order valence-electron chi connectivity index (χ1n) is 6.19. The van der Waals surface area contributed by atoms with Crippen LogP contribution in [0.1, 0.15) is 33.1 Å². The van der Waals surface area contributed by atoms with Crippen LogP contribution in [0.2, 0.25) is 0 Å². The highest BCUT2D eigenvalue weighted by atomic mass is 16.5. The van der Waals surface area contributed by atoms with E-state index < -0.39 is 0 Å². The molecule has 0 aliphatic heterocycles. The third-order valence-electron chi connectivity index (χ3n) is 3.46. The summed E-state index contributed by atoms with van der Waals surface area (Å²) < 4.78 is 5.09. The molecule has 4 heteroatoms. The third-order valence-corrected chi connectivity index (χ3v) is 3.46. The average molecular weight is 228 g/mol. The molecule has 1 aliphatic rings. The number of methoxy groups -OCH3 is 1. The third kappa shape index (κ3) is 3.67. The zero-order valence-corrected chi connectivity index (χ0v) is 10.7. The molecule has 0 saturated heterocycles. The second-order valence-electron chi connectivity index (χ2n) is 4.57. The molecule has 1 fully saturated rings. The van der Waals surface area contributed by atoms with Crippen molar-refractivity contribution >= 4 is 6.03 Å². The quantitative estimate of drug-likeness (QED) is 0.722. The number of nitrogens with one attached hydrogen (secondary N) is 1. The number of urea groups is 1. The Bertz CT molecular complexity index is 223. The van der Waals surface area contributed by atoms with Gasteiger partial charge < -0.3 is 15.0 Å².